The van der Waals surface area contributed by atoms with Crippen molar-refractivity contribution in [1.29, 1.82) is 0 Å². The Bertz CT molecular complexity index is 3840. The van der Waals surface area contributed by atoms with E-state index in [1.54, 1.807) is 120 Å². The summed E-state index contributed by atoms with van der Waals surface area (Å²) in [6.07, 6.45) is -0.353. The summed E-state index contributed by atoms with van der Waals surface area (Å²) >= 11 is 0. The zero-order chi connectivity index (χ0) is 95.0. The van der Waals surface area contributed by atoms with Crippen molar-refractivity contribution < 1.29 is 101 Å². The fourth-order valence-corrected chi connectivity index (χ4v) is 17.5. The number of rotatable bonds is 49. The number of benzene rings is 2. The predicted molar refractivity (Wildman–Crippen MR) is 476 cm³/mol. The first-order valence-electron chi connectivity index (χ1n) is 45.1. The highest BCUT2D eigenvalue weighted by Crippen LogP contribution is 2.34. The van der Waals surface area contributed by atoms with Gasteiger partial charge in [0, 0.05) is 115 Å². The molecule has 0 aromatic heterocycles. The van der Waals surface area contributed by atoms with Gasteiger partial charge in [0.25, 0.3) is 11.8 Å². The maximum absolute atomic E-state index is 14.5. The van der Waals surface area contributed by atoms with Crippen LogP contribution in [0.3, 0.4) is 0 Å². The van der Waals surface area contributed by atoms with Crippen molar-refractivity contribution in [2.24, 2.45) is 47.3 Å². The molecule has 2 aromatic rings. The molecule has 3 aliphatic heterocycles. The lowest BCUT2D eigenvalue weighted by atomic mass is 9.89. The van der Waals surface area contributed by atoms with E-state index < -0.39 is 144 Å². The monoisotopic (exact) mass is 1770 g/mol. The number of carbonyl (C=O) groups excluding carboxylic acids is 14. The van der Waals surface area contributed by atoms with Crippen molar-refractivity contribution in [3.05, 3.63) is 71.8 Å². The Labute approximate surface area is 747 Å². The summed E-state index contributed by atoms with van der Waals surface area (Å²) in [5.41, 5.74) is 1.37. The zero-order valence-electron chi connectivity index (χ0n) is 79.6. The van der Waals surface area contributed by atoms with Gasteiger partial charge in [-0.1, -0.05) is 170 Å². The molecular weight excluding hydrogens is 1620 g/mol. The smallest absolute Gasteiger partial charge is 0.333 e. The van der Waals surface area contributed by atoms with Crippen LogP contribution in [0.25, 0.3) is 0 Å². The van der Waals surface area contributed by atoms with E-state index in [0.717, 1.165) is 6.42 Å². The molecule has 710 valence electrons. The Balaban J connectivity index is 0.000000531. The molecule has 0 saturated carbocycles. The van der Waals surface area contributed by atoms with Gasteiger partial charge in [0.1, 0.15) is 24.2 Å². The van der Waals surface area contributed by atoms with Gasteiger partial charge in [-0.3, -0.25) is 62.3 Å². The number of likely N-dealkylation sites (tertiary alicyclic amines) is 2. The number of amides is 13. The molecule has 3 fully saturated rings. The van der Waals surface area contributed by atoms with E-state index in [0.29, 0.717) is 67.8 Å². The van der Waals surface area contributed by atoms with Gasteiger partial charge < -0.3 is 90.0 Å². The summed E-state index contributed by atoms with van der Waals surface area (Å²) in [6, 6.07) is 11.4. The summed E-state index contributed by atoms with van der Waals surface area (Å²) in [6.45, 7) is 30.4. The molecule has 3 saturated heterocycles. The largest absolute Gasteiger partial charge is 0.386 e. The number of hydrogen-bond donors (Lipinski definition) is 7. The van der Waals surface area contributed by atoms with E-state index in [-0.39, 0.29) is 141 Å². The summed E-state index contributed by atoms with van der Waals surface area (Å²) in [7, 11) is 14.0. The van der Waals surface area contributed by atoms with Crippen LogP contribution in [0.15, 0.2) is 60.7 Å². The summed E-state index contributed by atoms with van der Waals surface area (Å²) in [4.78, 5) is 201. The van der Waals surface area contributed by atoms with Crippen LogP contribution in [0.4, 0.5) is 0 Å². The molecule has 33 nitrogen and oxygen atoms in total. The lowest BCUT2D eigenvalue weighted by Crippen LogP contribution is -2.60. The van der Waals surface area contributed by atoms with Crippen LogP contribution in [0.2, 0.25) is 0 Å². The number of ether oxygens (including phenoxy) is 4. The summed E-state index contributed by atoms with van der Waals surface area (Å²) in [5, 5.41) is 36.5. The molecule has 3 heterocycles. The van der Waals surface area contributed by atoms with Gasteiger partial charge in [-0.2, -0.15) is 0 Å². The molecule has 0 spiro atoms. The van der Waals surface area contributed by atoms with Gasteiger partial charge in [0.05, 0.1) is 97.6 Å². The third-order valence-electron chi connectivity index (χ3n) is 25.4. The number of hydrogen-bond acceptors (Lipinski definition) is 21. The van der Waals surface area contributed by atoms with Crippen molar-refractivity contribution in [2.45, 2.75) is 311 Å². The van der Waals surface area contributed by atoms with Gasteiger partial charge >= 0.3 is 5.97 Å². The molecular formula is C93H152N12O21. The molecule has 0 radical (unpaired) electrons. The fraction of sp³-hybridized carbons (Fsp3) is 0.720. The number of aliphatic hydroxyl groups is 2. The maximum atomic E-state index is 14.5. The van der Waals surface area contributed by atoms with Crippen molar-refractivity contribution >= 4 is 82.8 Å². The highest BCUT2D eigenvalue weighted by atomic mass is 16.7. The van der Waals surface area contributed by atoms with Gasteiger partial charge in [0.2, 0.25) is 65.0 Å². The second kappa shape index (κ2) is 53.1. The number of aliphatic hydroxyl groups excluding tert-OH is 2. The van der Waals surface area contributed by atoms with E-state index in [2.05, 4.69) is 26.6 Å². The average molecular weight is 1770 g/mol. The first-order chi connectivity index (χ1) is 59.4. The minimum atomic E-state index is -1.01. The lowest BCUT2D eigenvalue weighted by molar-refractivity contribution is -0.197. The van der Waals surface area contributed by atoms with E-state index >= 15 is 0 Å². The summed E-state index contributed by atoms with van der Waals surface area (Å²) in [5.74, 6) is -8.50. The molecule has 33 heteroatoms. The number of likely N-dealkylation sites (N-methyl/N-ethyl adjacent to an activating group) is 4. The molecule has 2 aromatic carbocycles. The Morgan fingerprint density at radius 1 is 0.460 bits per heavy atom. The highest BCUT2D eigenvalue weighted by molar-refractivity contribution is 6.01. The van der Waals surface area contributed by atoms with Crippen LogP contribution in [0.1, 0.15) is 237 Å². The first kappa shape index (κ1) is 109. The molecule has 7 N–H and O–H groups in total. The molecule has 0 aliphatic carbocycles. The highest BCUT2D eigenvalue weighted by Gasteiger charge is 2.48. The molecule has 0 bridgehead atoms. The predicted octanol–water partition coefficient (Wildman–Crippen LogP) is 7.23. The molecule has 5 rings (SSSR count). The second-order valence-electron chi connectivity index (χ2n) is 35.8. The van der Waals surface area contributed by atoms with Crippen molar-refractivity contribution in [1.82, 2.24) is 61.0 Å². The van der Waals surface area contributed by atoms with E-state index in [9.17, 15) is 77.3 Å². The SMILES string of the molecule is CC[C@H](C)[C@@H]([C@@H](CC(=O)N1CCC[C@H]1[C@H](OC)[C@@H](C)C(=O)N[C@H](C)[C@@H](O)c1ccccc1)OC)N(C)C(=O)[C@@H](NC(=O)[C@H](C(C)C)N(C)C(=O)CCCC(=O)NC)C(C)C.CC[C@H](C)[C@@H]([C@@H](CC(=O)N1CCC[C@H]1[C@H](OC)[C@@H](C)C(=O)N[C@H](C)[C@@H](O)c1ccccc1)OC)N(C)C(=O)[C@@H](NC(=O)[C@H](C(C)C)N(C)C(=O)CCCC(=O)ON1C(=O)CCC1=O)C(C)C. The number of carbonyl (C=O) groups is 14. The minimum absolute atomic E-state index is 0.0299. The van der Waals surface area contributed by atoms with E-state index in [1.807, 2.05) is 91.8 Å². The molecule has 126 heavy (non-hydrogen) atoms. The normalized spacial score (nSPS) is 19.0. The van der Waals surface area contributed by atoms with Crippen molar-refractivity contribution in [3.8, 4) is 0 Å². The molecule has 3 aliphatic rings. The molecule has 20 atom stereocenters. The quantitative estimate of drug-likeness (QED) is 0.0321. The topological polar surface area (TPSA) is 408 Å². The number of nitrogens with one attached hydrogen (secondary N) is 5. The van der Waals surface area contributed by atoms with E-state index in [1.165, 1.54) is 52.3 Å². The number of methoxy groups -OCH3 is 4. The van der Waals surface area contributed by atoms with E-state index in [4.69, 9.17) is 23.8 Å². The van der Waals surface area contributed by atoms with Crippen LogP contribution in [0, 0.1) is 47.3 Å². The maximum Gasteiger partial charge on any atom is 0.333 e. The third kappa shape index (κ3) is 30.3. The van der Waals surface area contributed by atoms with Crippen molar-refractivity contribution in [2.75, 3.05) is 76.8 Å². The van der Waals surface area contributed by atoms with Crippen LogP contribution in [0.5, 0.6) is 0 Å². The standard InChI is InChI=1S/C48H76N6O12.C45H76N6O9/c1-13-30(6)43(35(64-11)27-39(58)53-26-18-21-34(53)45(65-12)31(7)46(61)49-32(8)44(60)33-19-15-14-16-20-33)52(10)48(63)41(28(2)3)50-47(62)42(29(4)5)51(9)36(55)22-17-23-40(59)66-54-37(56)24-25-38(54)57;1-14-29(6)40(50(11)45(58)38(27(2)3)48-44(57)39(28(4)5)49(10)36(53)24-18-23-35(52)46-9)34(59-12)26-37(54)51-25-19-22-33(51)42(60-13)30(7)43(56)47-31(8)41(55)32-20-16-15-17-21-32/h14-16,19-20,28-32,34-35,41-45,60H,13,17-18,21-27H2,1-12H3,(H,49,61)(H,50,62);15-17,20-21,27-31,33-34,38-42,55H,14,18-19,22-26H2,1-13H3,(H,46,52)(H,47,56)(H,48,57)/t30-,31+,32+,34-,35+,41-,42-,43-,44+,45+;29-,30+,31+,33-,34+,38-,39-,40-,41+,42+/m00/s1. The Morgan fingerprint density at radius 3 is 1.12 bits per heavy atom. The fourth-order valence-electron chi connectivity index (χ4n) is 17.5. The van der Waals surface area contributed by atoms with Crippen LogP contribution < -0.4 is 26.6 Å². The lowest BCUT2D eigenvalue weighted by Gasteiger charge is -2.41. The van der Waals surface area contributed by atoms with Crippen LogP contribution in [-0.4, -0.2) is 289 Å². The van der Waals surface area contributed by atoms with Gasteiger partial charge in [-0.15, -0.1) is 5.06 Å². The van der Waals surface area contributed by atoms with Gasteiger partial charge in [-0.25, -0.2) is 4.79 Å². The minimum Gasteiger partial charge on any atom is -0.386 e. The van der Waals surface area contributed by atoms with Crippen LogP contribution in [-0.2, 0) is 90.9 Å². The van der Waals surface area contributed by atoms with Gasteiger partial charge in [0.15, 0.2) is 0 Å². The van der Waals surface area contributed by atoms with Crippen LogP contribution >= 0.6 is 0 Å². The third-order valence-corrected chi connectivity index (χ3v) is 25.4. The number of imide groups is 1. The Hall–Kier alpha value is -9.02. The molecule has 0 unspecified atom stereocenters. The second-order valence-corrected chi connectivity index (χ2v) is 35.8. The first-order valence-corrected chi connectivity index (χ1v) is 45.1. The molecule has 13 amide bonds. The van der Waals surface area contributed by atoms with Crippen molar-refractivity contribution in [3.63, 3.8) is 0 Å². The zero-order valence-corrected chi connectivity index (χ0v) is 79.6. The Kier molecular flexibility index (Phi) is 46.0. The summed E-state index contributed by atoms with van der Waals surface area (Å²) < 4.78 is 23.9. The Morgan fingerprint density at radius 2 is 0.810 bits per heavy atom. The van der Waals surface area contributed by atoms with Gasteiger partial charge in [-0.05, 0) is 99.0 Å². The number of hydroxylamine groups is 2. The average Bonchev–Trinajstić information content (AvgIpc) is 1.50. The number of nitrogens with zero attached hydrogens (tertiary/aromatic N) is 7.